The third-order valence-corrected chi connectivity index (χ3v) is 8.20. The van der Waals surface area contributed by atoms with E-state index in [9.17, 15) is 15.3 Å². The lowest BCUT2D eigenvalue weighted by Crippen LogP contribution is -2.49. The van der Waals surface area contributed by atoms with Crippen LogP contribution >= 0.6 is 0 Å². The van der Waals surface area contributed by atoms with Gasteiger partial charge in [0.2, 0.25) is 0 Å². The summed E-state index contributed by atoms with van der Waals surface area (Å²) in [7, 11) is 0. The summed E-state index contributed by atoms with van der Waals surface area (Å²) in [4.78, 5) is 0. The highest BCUT2D eigenvalue weighted by Crippen LogP contribution is 2.37. The van der Waals surface area contributed by atoms with Crippen molar-refractivity contribution >= 4 is 0 Å². The van der Waals surface area contributed by atoms with Gasteiger partial charge in [0.1, 0.15) is 12.2 Å². The van der Waals surface area contributed by atoms with Crippen LogP contribution in [0.4, 0.5) is 0 Å². The minimum atomic E-state index is -0.698. The molecule has 0 aliphatic carbocycles. The topological polar surface area (TPSA) is 107 Å². The summed E-state index contributed by atoms with van der Waals surface area (Å²) in [5.41, 5.74) is 1.12. The van der Waals surface area contributed by atoms with Crippen LogP contribution in [0.3, 0.4) is 0 Å². The molecule has 5 rings (SSSR count). The quantitative estimate of drug-likeness (QED) is 0.473. The Balaban J connectivity index is 1.27. The number of fused-ring (bicyclic) bond motifs is 3. The van der Waals surface area contributed by atoms with Gasteiger partial charge in [-0.3, -0.25) is 0 Å². The molecular formula is C29H42O8. The Labute approximate surface area is 219 Å². The molecule has 4 aliphatic heterocycles. The Bertz CT molecular complexity index is 850. The number of benzene rings is 1. The second-order valence-corrected chi connectivity index (χ2v) is 10.8. The Kier molecular flexibility index (Phi) is 9.66. The largest absolute Gasteiger partial charge is 0.396 e. The Morgan fingerprint density at radius 2 is 1.57 bits per heavy atom. The Morgan fingerprint density at radius 1 is 0.811 bits per heavy atom. The van der Waals surface area contributed by atoms with Crippen LogP contribution in [0.25, 0.3) is 0 Å². The van der Waals surface area contributed by atoms with Crippen molar-refractivity contribution in [3.63, 3.8) is 0 Å². The first-order valence-electron chi connectivity index (χ1n) is 14.0. The molecule has 8 heteroatoms. The average Bonchev–Trinajstić information content (AvgIpc) is 3.16. The maximum atomic E-state index is 10.3. The van der Waals surface area contributed by atoms with E-state index in [1.54, 1.807) is 0 Å². The fourth-order valence-corrected chi connectivity index (χ4v) is 6.13. The number of aliphatic hydroxyl groups is 3. The van der Waals surface area contributed by atoms with Gasteiger partial charge < -0.3 is 39.0 Å². The molecular weight excluding hydrogens is 476 g/mol. The molecule has 0 unspecified atom stereocenters. The first-order valence-corrected chi connectivity index (χ1v) is 14.0. The van der Waals surface area contributed by atoms with Crippen LogP contribution in [-0.2, 0) is 30.3 Å². The molecule has 4 heterocycles. The fourth-order valence-electron chi connectivity index (χ4n) is 6.13. The molecule has 10 atom stereocenters. The molecule has 4 aliphatic rings. The van der Waals surface area contributed by atoms with E-state index >= 15 is 0 Å². The molecule has 3 saturated heterocycles. The number of hydrogen-bond donors (Lipinski definition) is 3. The molecule has 1 aromatic rings. The lowest BCUT2D eigenvalue weighted by atomic mass is 9.93. The summed E-state index contributed by atoms with van der Waals surface area (Å²) >= 11 is 0. The Hall–Kier alpha value is -1.36. The summed E-state index contributed by atoms with van der Waals surface area (Å²) in [5, 5.41) is 29.4. The van der Waals surface area contributed by atoms with Gasteiger partial charge in [-0.15, -0.1) is 0 Å². The van der Waals surface area contributed by atoms with E-state index in [4.69, 9.17) is 23.7 Å². The second kappa shape index (κ2) is 13.1. The van der Waals surface area contributed by atoms with Crippen LogP contribution in [0.5, 0.6) is 0 Å². The average molecular weight is 519 g/mol. The first kappa shape index (κ1) is 27.2. The molecule has 3 fully saturated rings. The summed E-state index contributed by atoms with van der Waals surface area (Å²) in [6, 6.07) is 10.2. The van der Waals surface area contributed by atoms with Crippen LogP contribution in [0.1, 0.15) is 56.9 Å². The van der Waals surface area contributed by atoms with Crippen LogP contribution in [0, 0.1) is 0 Å². The van der Waals surface area contributed by atoms with E-state index in [1.165, 1.54) is 0 Å². The molecule has 37 heavy (non-hydrogen) atoms. The van der Waals surface area contributed by atoms with Gasteiger partial charge in [0.25, 0.3) is 0 Å². The fraction of sp³-hybridized carbons (Fsp3) is 0.724. The van der Waals surface area contributed by atoms with Crippen molar-refractivity contribution in [2.45, 2.75) is 119 Å². The third kappa shape index (κ3) is 6.81. The van der Waals surface area contributed by atoms with E-state index < -0.39 is 12.2 Å². The van der Waals surface area contributed by atoms with Crippen LogP contribution in [0.15, 0.2) is 42.5 Å². The minimum absolute atomic E-state index is 0.0390. The molecule has 1 aromatic carbocycles. The van der Waals surface area contributed by atoms with Gasteiger partial charge in [0, 0.05) is 13.0 Å². The van der Waals surface area contributed by atoms with Gasteiger partial charge in [0.15, 0.2) is 0 Å². The third-order valence-electron chi connectivity index (χ3n) is 8.20. The second-order valence-electron chi connectivity index (χ2n) is 10.8. The van der Waals surface area contributed by atoms with E-state index in [2.05, 4.69) is 18.2 Å². The van der Waals surface area contributed by atoms with Gasteiger partial charge >= 0.3 is 0 Å². The van der Waals surface area contributed by atoms with Gasteiger partial charge in [0.05, 0.1) is 62.0 Å². The van der Waals surface area contributed by atoms with Crippen molar-refractivity contribution in [1.29, 1.82) is 0 Å². The van der Waals surface area contributed by atoms with Crippen molar-refractivity contribution < 1.29 is 39.0 Å². The minimum Gasteiger partial charge on any atom is -0.396 e. The highest BCUT2D eigenvalue weighted by molar-refractivity contribution is 5.13. The molecule has 8 nitrogen and oxygen atoms in total. The predicted molar refractivity (Wildman–Crippen MR) is 136 cm³/mol. The van der Waals surface area contributed by atoms with Crippen molar-refractivity contribution in [3.05, 3.63) is 48.0 Å². The zero-order chi connectivity index (χ0) is 25.6. The monoisotopic (exact) mass is 518 g/mol. The molecule has 0 aromatic heterocycles. The van der Waals surface area contributed by atoms with Crippen LogP contribution < -0.4 is 0 Å². The van der Waals surface area contributed by atoms with E-state index in [1.807, 2.05) is 24.3 Å². The van der Waals surface area contributed by atoms with Crippen molar-refractivity contribution in [1.82, 2.24) is 0 Å². The van der Waals surface area contributed by atoms with Crippen molar-refractivity contribution in [3.8, 4) is 0 Å². The van der Waals surface area contributed by atoms with E-state index in [0.717, 1.165) is 31.2 Å². The normalized spacial score (nSPS) is 41.2. The van der Waals surface area contributed by atoms with Crippen molar-refractivity contribution in [2.75, 3.05) is 13.2 Å². The SMILES string of the molecule is OCCC[C@@H]1O[C@@H]2CC[C@@H]3O[C@@H]4CC[C@H](O)[C@@H](CO)O[C@H]4/C=C\C[C@H]3O[C@H]2C[C@H]1OCc1ccccc1. The number of hydrogen-bond acceptors (Lipinski definition) is 8. The van der Waals surface area contributed by atoms with Gasteiger partial charge in [-0.2, -0.15) is 0 Å². The number of aliphatic hydroxyl groups excluding tert-OH is 3. The molecule has 206 valence electrons. The smallest absolute Gasteiger partial charge is 0.107 e. The molecule has 0 radical (unpaired) electrons. The highest BCUT2D eigenvalue weighted by Gasteiger charge is 2.45. The maximum absolute atomic E-state index is 10.3. The van der Waals surface area contributed by atoms with Gasteiger partial charge in [-0.25, -0.2) is 0 Å². The zero-order valence-electron chi connectivity index (χ0n) is 21.5. The van der Waals surface area contributed by atoms with Gasteiger partial charge in [-0.1, -0.05) is 42.5 Å². The van der Waals surface area contributed by atoms with E-state index in [-0.39, 0.29) is 62.0 Å². The molecule has 3 N–H and O–H groups in total. The summed E-state index contributed by atoms with van der Waals surface area (Å²) < 4.78 is 32.3. The highest BCUT2D eigenvalue weighted by atomic mass is 16.6. The first-order chi connectivity index (χ1) is 18.1. The summed E-state index contributed by atoms with van der Waals surface area (Å²) in [6.07, 6.45) is 7.54. The molecule has 0 saturated carbocycles. The molecule has 0 amide bonds. The standard InChI is InChI=1S/C29H42O8/c30-15-5-10-23-27(33-18-19-6-2-1-3-7-19)16-28-26(34-23)14-13-25-21(36-28)8-4-9-22-24(35-25)12-11-20(32)29(17-31)37-22/h1-4,6-7,9,20-32H,5,8,10-18H2/b9-4-/t20-,21+,22-,23-,24+,25-,26+,27+,28-,29+/m0/s1. The molecule has 0 spiro atoms. The van der Waals surface area contributed by atoms with Gasteiger partial charge in [-0.05, 0) is 50.5 Å². The Morgan fingerprint density at radius 3 is 2.35 bits per heavy atom. The van der Waals surface area contributed by atoms with Crippen LogP contribution in [0.2, 0.25) is 0 Å². The maximum Gasteiger partial charge on any atom is 0.107 e. The predicted octanol–water partition coefficient (Wildman–Crippen LogP) is 2.66. The number of ether oxygens (including phenoxy) is 5. The van der Waals surface area contributed by atoms with E-state index in [0.29, 0.717) is 32.3 Å². The lowest BCUT2D eigenvalue weighted by Gasteiger charge is -2.41. The summed E-state index contributed by atoms with van der Waals surface area (Å²) in [6.45, 7) is 0.444. The molecule has 0 bridgehead atoms. The van der Waals surface area contributed by atoms with Crippen LogP contribution in [-0.4, -0.2) is 89.6 Å². The number of rotatable bonds is 7. The lowest BCUT2D eigenvalue weighted by molar-refractivity contribution is -0.214. The van der Waals surface area contributed by atoms with Crippen molar-refractivity contribution in [2.24, 2.45) is 0 Å². The zero-order valence-corrected chi connectivity index (χ0v) is 21.5. The summed E-state index contributed by atoms with van der Waals surface area (Å²) in [5.74, 6) is 0.